The third kappa shape index (κ3) is 4.22. The van der Waals surface area contributed by atoms with Gasteiger partial charge in [-0.25, -0.2) is 0 Å². The van der Waals surface area contributed by atoms with Crippen LogP contribution in [0, 0.1) is 5.92 Å². The van der Waals surface area contributed by atoms with Crippen molar-refractivity contribution in [2.45, 2.75) is 12.8 Å². The van der Waals surface area contributed by atoms with E-state index in [-0.39, 0.29) is 12.5 Å². The van der Waals surface area contributed by atoms with Crippen molar-refractivity contribution in [3.8, 4) is 11.5 Å². The number of likely N-dealkylation sites (tertiary alicyclic amines) is 1. The van der Waals surface area contributed by atoms with E-state index in [9.17, 15) is 4.79 Å². The second-order valence-corrected chi connectivity index (χ2v) is 8.24. The number of rotatable bonds is 5. The maximum Gasteiger partial charge on any atom is 0.262 e. The van der Waals surface area contributed by atoms with Crippen molar-refractivity contribution in [2.75, 3.05) is 31.6 Å². The summed E-state index contributed by atoms with van der Waals surface area (Å²) < 4.78 is 11.6. The molecular formula is C26H26N2O3. The summed E-state index contributed by atoms with van der Waals surface area (Å²) in [6, 6.07) is 20.5. The van der Waals surface area contributed by atoms with Crippen LogP contribution in [0.25, 0.3) is 16.5 Å². The van der Waals surface area contributed by atoms with Crippen LogP contribution in [0.1, 0.15) is 18.4 Å². The van der Waals surface area contributed by atoms with Crippen molar-refractivity contribution in [3.63, 3.8) is 0 Å². The smallest absolute Gasteiger partial charge is 0.262 e. The topological polar surface area (TPSA) is 50.8 Å². The molecule has 1 saturated heterocycles. The van der Waals surface area contributed by atoms with Crippen LogP contribution in [0.15, 0.2) is 67.2 Å². The van der Waals surface area contributed by atoms with E-state index in [1.165, 1.54) is 10.8 Å². The summed E-state index contributed by atoms with van der Waals surface area (Å²) in [6.45, 7) is 7.01. The van der Waals surface area contributed by atoms with Gasteiger partial charge in [-0.2, -0.15) is 0 Å². The zero-order chi connectivity index (χ0) is 21.2. The number of piperidine rings is 1. The molecule has 0 unspecified atom stereocenters. The minimum absolute atomic E-state index is 0.0715. The van der Waals surface area contributed by atoms with Crippen molar-refractivity contribution >= 4 is 28.1 Å². The first-order valence-electron chi connectivity index (χ1n) is 10.8. The van der Waals surface area contributed by atoms with Crippen LogP contribution in [-0.4, -0.2) is 37.1 Å². The summed E-state index contributed by atoms with van der Waals surface area (Å²) in [5, 5.41) is 5.31. The largest absolute Gasteiger partial charge is 0.493 e. The Morgan fingerprint density at radius 2 is 1.87 bits per heavy atom. The molecule has 0 aliphatic carbocycles. The van der Waals surface area contributed by atoms with E-state index in [1.807, 2.05) is 18.2 Å². The zero-order valence-corrected chi connectivity index (χ0v) is 17.5. The van der Waals surface area contributed by atoms with Crippen molar-refractivity contribution in [2.24, 2.45) is 5.92 Å². The Hall–Kier alpha value is -3.47. The lowest BCUT2D eigenvalue weighted by Gasteiger charge is -2.35. The molecular weight excluding hydrogens is 388 g/mol. The molecule has 1 fully saturated rings. The highest BCUT2D eigenvalue weighted by atomic mass is 16.5. The average Bonchev–Trinajstić information content (AvgIpc) is 2.82. The molecule has 3 aromatic rings. The van der Waals surface area contributed by atoms with Gasteiger partial charge >= 0.3 is 0 Å². The van der Waals surface area contributed by atoms with Crippen LogP contribution >= 0.6 is 0 Å². The quantitative estimate of drug-likeness (QED) is 0.643. The van der Waals surface area contributed by atoms with E-state index >= 15 is 0 Å². The molecule has 0 radical (unpaired) electrons. The minimum Gasteiger partial charge on any atom is -0.493 e. The van der Waals surface area contributed by atoms with Crippen molar-refractivity contribution in [1.29, 1.82) is 0 Å². The highest BCUT2D eigenvalue weighted by Gasteiger charge is 2.23. The van der Waals surface area contributed by atoms with Crippen LogP contribution in [0.4, 0.5) is 5.69 Å². The van der Waals surface area contributed by atoms with Crippen LogP contribution in [0.2, 0.25) is 0 Å². The first-order valence-corrected chi connectivity index (χ1v) is 10.8. The van der Waals surface area contributed by atoms with Gasteiger partial charge in [-0.3, -0.25) is 4.79 Å². The second-order valence-electron chi connectivity index (χ2n) is 8.24. The minimum atomic E-state index is -0.123. The van der Waals surface area contributed by atoms with Gasteiger partial charge in [0.1, 0.15) is 11.5 Å². The van der Waals surface area contributed by atoms with Crippen molar-refractivity contribution < 1.29 is 14.3 Å². The highest BCUT2D eigenvalue weighted by Crippen LogP contribution is 2.33. The van der Waals surface area contributed by atoms with Crippen molar-refractivity contribution in [1.82, 2.24) is 4.90 Å². The van der Waals surface area contributed by atoms with Gasteiger partial charge in [0.2, 0.25) is 0 Å². The predicted molar refractivity (Wildman–Crippen MR) is 123 cm³/mol. The van der Waals surface area contributed by atoms with Gasteiger partial charge in [0, 0.05) is 18.8 Å². The number of nitrogens with zero attached hydrogens (tertiary/aromatic N) is 1. The number of carbonyl (C=O) groups excluding carboxylic acids is 1. The molecule has 1 N–H and O–H groups in total. The summed E-state index contributed by atoms with van der Waals surface area (Å²) in [6.07, 6.45) is 2.13. The summed E-state index contributed by atoms with van der Waals surface area (Å²) in [7, 11) is 0. The van der Waals surface area contributed by atoms with Crippen LogP contribution < -0.4 is 14.8 Å². The predicted octanol–water partition coefficient (Wildman–Crippen LogP) is 4.93. The van der Waals surface area contributed by atoms with E-state index in [1.54, 1.807) is 0 Å². The van der Waals surface area contributed by atoms with Gasteiger partial charge in [0.05, 0.1) is 12.3 Å². The van der Waals surface area contributed by atoms with E-state index in [0.29, 0.717) is 17.4 Å². The maximum absolute atomic E-state index is 11.6. The Labute approximate surface area is 182 Å². The molecule has 2 aliphatic heterocycles. The van der Waals surface area contributed by atoms with Gasteiger partial charge in [0.15, 0.2) is 6.61 Å². The average molecular weight is 415 g/mol. The number of fused-ring (bicyclic) bond motifs is 2. The number of carbonyl (C=O) groups is 1. The lowest BCUT2D eigenvalue weighted by atomic mass is 9.96. The number of hydrogen-bond donors (Lipinski definition) is 1. The van der Waals surface area contributed by atoms with Gasteiger partial charge < -0.3 is 19.7 Å². The molecule has 158 valence electrons. The molecule has 3 aromatic carbocycles. The molecule has 2 aliphatic rings. The Morgan fingerprint density at radius 3 is 2.71 bits per heavy atom. The molecule has 0 aromatic heterocycles. The van der Waals surface area contributed by atoms with E-state index in [0.717, 1.165) is 49.5 Å². The van der Waals surface area contributed by atoms with E-state index in [2.05, 4.69) is 59.3 Å². The first kappa shape index (κ1) is 19.5. The SMILES string of the molecule is C=C(c1ccc2c(c1)NC(=O)CO2)N1CCC(COc2ccc3ccccc3c2)CC1. The number of ether oxygens (including phenoxy) is 2. The standard InChI is InChI=1S/C26H26N2O3/c1-18(21-7-9-25-24(15-21)27-26(29)17-31-25)28-12-10-19(11-13-28)16-30-23-8-6-20-4-2-3-5-22(20)14-23/h2-9,14-15,19H,1,10-13,16-17H2,(H,27,29). The molecule has 31 heavy (non-hydrogen) atoms. The monoisotopic (exact) mass is 414 g/mol. The van der Waals surface area contributed by atoms with Crippen LogP contribution in [-0.2, 0) is 4.79 Å². The zero-order valence-electron chi connectivity index (χ0n) is 17.5. The molecule has 5 nitrogen and oxygen atoms in total. The van der Waals surface area contributed by atoms with Gasteiger partial charge in [-0.1, -0.05) is 36.9 Å². The summed E-state index contributed by atoms with van der Waals surface area (Å²) in [4.78, 5) is 13.9. The third-order valence-electron chi connectivity index (χ3n) is 6.15. The lowest BCUT2D eigenvalue weighted by Crippen LogP contribution is -2.34. The number of anilines is 1. The number of benzene rings is 3. The first-order chi connectivity index (χ1) is 15.2. The van der Waals surface area contributed by atoms with E-state index in [4.69, 9.17) is 9.47 Å². The fourth-order valence-electron chi connectivity index (χ4n) is 4.29. The van der Waals surface area contributed by atoms with Gasteiger partial charge in [-0.05, 0) is 65.4 Å². The van der Waals surface area contributed by atoms with Gasteiger partial charge in [-0.15, -0.1) is 0 Å². The molecule has 0 atom stereocenters. The molecule has 1 amide bonds. The number of nitrogens with one attached hydrogen (secondary N) is 1. The second kappa shape index (κ2) is 8.34. The fourth-order valence-corrected chi connectivity index (χ4v) is 4.29. The third-order valence-corrected chi connectivity index (χ3v) is 6.15. The van der Waals surface area contributed by atoms with Crippen molar-refractivity contribution in [3.05, 3.63) is 72.8 Å². The molecule has 0 bridgehead atoms. The number of hydrogen-bond acceptors (Lipinski definition) is 4. The Bertz CT molecular complexity index is 1130. The molecule has 0 saturated carbocycles. The summed E-state index contributed by atoms with van der Waals surface area (Å²) in [5.41, 5.74) is 2.71. The van der Waals surface area contributed by atoms with Gasteiger partial charge in [0.25, 0.3) is 5.91 Å². The highest BCUT2D eigenvalue weighted by molar-refractivity contribution is 5.96. The van der Waals surface area contributed by atoms with E-state index < -0.39 is 0 Å². The normalized spacial score (nSPS) is 16.4. The van der Waals surface area contributed by atoms with Crippen LogP contribution in [0.3, 0.4) is 0 Å². The maximum atomic E-state index is 11.6. The molecule has 0 spiro atoms. The Balaban J connectivity index is 1.16. The lowest BCUT2D eigenvalue weighted by molar-refractivity contribution is -0.118. The molecule has 5 heteroatoms. The molecule has 5 rings (SSSR count). The fraction of sp³-hybridized carbons (Fsp3) is 0.269. The molecule has 2 heterocycles. The van der Waals surface area contributed by atoms with Crippen LogP contribution in [0.5, 0.6) is 11.5 Å². The summed E-state index contributed by atoms with van der Waals surface area (Å²) in [5.74, 6) is 2.05. The number of amides is 1. The summed E-state index contributed by atoms with van der Waals surface area (Å²) >= 11 is 0. The Kier molecular flexibility index (Phi) is 5.24. The Morgan fingerprint density at radius 1 is 1.06 bits per heavy atom.